The summed E-state index contributed by atoms with van der Waals surface area (Å²) in [7, 11) is 0. The van der Waals surface area contributed by atoms with Gasteiger partial charge in [-0.15, -0.1) is 11.3 Å². The molecule has 0 amide bonds. The zero-order valence-corrected chi connectivity index (χ0v) is 14.9. The third-order valence-corrected chi connectivity index (χ3v) is 6.22. The van der Waals surface area contributed by atoms with Crippen molar-refractivity contribution in [3.8, 4) is 0 Å². The fraction of sp³-hybridized carbons (Fsp3) is 0.765. The average molecular weight is 321 g/mol. The van der Waals surface area contributed by atoms with E-state index in [1.807, 2.05) is 11.3 Å². The van der Waals surface area contributed by atoms with Crippen molar-refractivity contribution in [2.75, 3.05) is 26.2 Å². The third kappa shape index (κ3) is 3.29. The van der Waals surface area contributed by atoms with E-state index in [-0.39, 0.29) is 0 Å². The smallest absolute Gasteiger partial charge is 0.193 e. The summed E-state index contributed by atoms with van der Waals surface area (Å²) in [5.74, 6) is 1.12. The molecule has 2 fully saturated rings. The summed E-state index contributed by atoms with van der Waals surface area (Å²) in [6.45, 7) is 10.5. The van der Waals surface area contributed by atoms with Gasteiger partial charge in [-0.25, -0.2) is 4.98 Å². The number of guanidine groups is 1. The molecule has 0 atom stereocenters. The van der Waals surface area contributed by atoms with Gasteiger partial charge in [-0.3, -0.25) is 4.99 Å². The van der Waals surface area contributed by atoms with Crippen LogP contribution in [0.4, 0.5) is 0 Å². The molecule has 1 spiro atoms. The molecule has 4 nitrogen and oxygen atoms in total. The van der Waals surface area contributed by atoms with Crippen LogP contribution in [0.15, 0.2) is 4.99 Å². The van der Waals surface area contributed by atoms with Crippen molar-refractivity contribution in [1.29, 1.82) is 0 Å². The zero-order valence-electron chi connectivity index (χ0n) is 14.1. The molecule has 1 aliphatic carbocycles. The summed E-state index contributed by atoms with van der Waals surface area (Å²) in [6, 6.07) is 0. The Morgan fingerprint density at radius 3 is 2.73 bits per heavy atom. The summed E-state index contributed by atoms with van der Waals surface area (Å²) in [5.41, 5.74) is 1.80. The summed E-state index contributed by atoms with van der Waals surface area (Å²) < 4.78 is 0. The lowest BCUT2D eigenvalue weighted by molar-refractivity contribution is 0.151. The maximum absolute atomic E-state index is 4.88. The molecule has 1 aromatic heterocycles. The second-order valence-corrected chi connectivity index (χ2v) is 8.04. The summed E-state index contributed by atoms with van der Waals surface area (Å²) in [4.78, 5) is 13.2. The van der Waals surface area contributed by atoms with Gasteiger partial charge in [-0.1, -0.05) is 6.42 Å². The van der Waals surface area contributed by atoms with Crippen LogP contribution in [0.5, 0.6) is 0 Å². The van der Waals surface area contributed by atoms with Crippen molar-refractivity contribution in [3.63, 3.8) is 0 Å². The van der Waals surface area contributed by atoms with Crippen LogP contribution < -0.4 is 5.32 Å². The highest BCUT2D eigenvalue weighted by Gasteiger charge is 2.43. The second-order valence-electron chi connectivity index (χ2n) is 6.75. The number of thiazole rings is 1. The Morgan fingerprint density at radius 1 is 1.36 bits per heavy atom. The van der Waals surface area contributed by atoms with Crippen molar-refractivity contribution in [1.82, 2.24) is 15.2 Å². The molecule has 3 rings (SSSR count). The van der Waals surface area contributed by atoms with Crippen molar-refractivity contribution >= 4 is 17.3 Å². The minimum atomic E-state index is 0.627. The lowest BCUT2D eigenvalue weighted by Crippen LogP contribution is -2.42. The molecule has 1 saturated carbocycles. The van der Waals surface area contributed by atoms with Crippen molar-refractivity contribution in [2.45, 2.75) is 52.9 Å². The number of nitrogens with zero attached hydrogens (tertiary/aromatic N) is 3. The molecule has 1 saturated heterocycles. The molecule has 5 heteroatoms. The normalized spacial score (nSPS) is 20.5. The largest absolute Gasteiger partial charge is 0.357 e. The number of likely N-dealkylation sites (tertiary alicyclic amines) is 1. The van der Waals surface area contributed by atoms with Crippen LogP contribution in [0, 0.1) is 19.3 Å². The monoisotopic (exact) mass is 320 g/mol. The topological polar surface area (TPSA) is 40.5 Å². The number of rotatable bonds is 4. The van der Waals surface area contributed by atoms with Gasteiger partial charge in [0.25, 0.3) is 0 Å². The number of aliphatic imine (C=N–C) groups is 1. The molecule has 122 valence electrons. The first-order chi connectivity index (χ1) is 10.6. The standard InChI is InChI=1S/C17H28N4S/c1-4-18-16(21-11-9-17(12-21)7-5-8-17)19-10-6-15-13(2)20-14(3)22-15/h4-12H2,1-3H3,(H,18,19). The fourth-order valence-corrected chi connectivity index (χ4v) is 4.62. The van der Waals surface area contributed by atoms with Gasteiger partial charge in [-0.2, -0.15) is 0 Å². The minimum absolute atomic E-state index is 0.627. The van der Waals surface area contributed by atoms with Gasteiger partial charge < -0.3 is 10.2 Å². The summed E-state index contributed by atoms with van der Waals surface area (Å²) >= 11 is 1.81. The zero-order chi connectivity index (χ0) is 15.6. The van der Waals surface area contributed by atoms with E-state index in [4.69, 9.17) is 4.99 Å². The predicted octanol–water partition coefficient (Wildman–Crippen LogP) is 3.14. The third-order valence-electron chi connectivity index (χ3n) is 5.09. The van der Waals surface area contributed by atoms with E-state index in [0.29, 0.717) is 5.41 Å². The Hall–Kier alpha value is -1.10. The van der Waals surface area contributed by atoms with Crippen LogP contribution in [-0.4, -0.2) is 42.0 Å². The van der Waals surface area contributed by atoms with Gasteiger partial charge in [0.2, 0.25) is 0 Å². The second kappa shape index (κ2) is 6.57. The van der Waals surface area contributed by atoms with Crippen LogP contribution in [-0.2, 0) is 6.42 Å². The number of hydrogen-bond acceptors (Lipinski definition) is 3. The van der Waals surface area contributed by atoms with E-state index in [1.54, 1.807) is 0 Å². The van der Waals surface area contributed by atoms with Gasteiger partial charge >= 0.3 is 0 Å². The number of aromatic nitrogens is 1. The Bertz CT molecular complexity index is 545. The van der Waals surface area contributed by atoms with E-state index in [9.17, 15) is 0 Å². The molecule has 2 heterocycles. The number of nitrogens with one attached hydrogen (secondary N) is 1. The molecule has 22 heavy (non-hydrogen) atoms. The lowest BCUT2D eigenvalue weighted by Gasteiger charge is -2.38. The highest BCUT2D eigenvalue weighted by molar-refractivity contribution is 7.11. The molecule has 1 N–H and O–H groups in total. The first kappa shape index (κ1) is 15.8. The molecular weight excluding hydrogens is 292 g/mol. The maximum Gasteiger partial charge on any atom is 0.193 e. The number of hydrogen-bond donors (Lipinski definition) is 1. The van der Waals surface area contributed by atoms with E-state index < -0.39 is 0 Å². The molecule has 1 aromatic rings. The highest BCUT2D eigenvalue weighted by Crippen LogP contribution is 2.47. The summed E-state index contributed by atoms with van der Waals surface area (Å²) in [6.07, 6.45) is 6.62. The van der Waals surface area contributed by atoms with Crippen LogP contribution in [0.3, 0.4) is 0 Å². The van der Waals surface area contributed by atoms with E-state index in [1.165, 1.54) is 49.3 Å². The van der Waals surface area contributed by atoms with Gasteiger partial charge in [-0.05, 0) is 45.4 Å². The van der Waals surface area contributed by atoms with E-state index in [2.05, 4.69) is 36.0 Å². The Morgan fingerprint density at radius 2 is 2.18 bits per heavy atom. The molecule has 0 bridgehead atoms. The Kier molecular flexibility index (Phi) is 4.71. The molecule has 2 aliphatic rings. The van der Waals surface area contributed by atoms with Gasteiger partial charge in [0.15, 0.2) is 5.96 Å². The average Bonchev–Trinajstić information content (AvgIpc) is 3.02. The highest BCUT2D eigenvalue weighted by atomic mass is 32.1. The molecule has 0 radical (unpaired) electrons. The quantitative estimate of drug-likeness (QED) is 0.684. The van der Waals surface area contributed by atoms with Crippen LogP contribution in [0.1, 0.15) is 48.2 Å². The van der Waals surface area contributed by atoms with Crippen LogP contribution in [0.2, 0.25) is 0 Å². The summed E-state index contributed by atoms with van der Waals surface area (Å²) in [5, 5.41) is 4.64. The number of aryl methyl sites for hydroxylation is 2. The maximum atomic E-state index is 4.88. The molecular formula is C17H28N4S. The Labute approximate surface area is 138 Å². The molecule has 1 aliphatic heterocycles. The fourth-order valence-electron chi connectivity index (χ4n) is 3.70. The first-order valence-electron chi connectivity index (χ1n) is 8.58. The predicted molar refractivity (Wildman–Crippen MR) is 93.7 cm³/mol. The van der Waals surface area contributed by atoms with Crippen molar-refractivity contribution in [3.05, 3.63) is 15.6 Å². The van der Waals surface area contributed by atoms with Gasteiger partial charge in [0, 0.05) is 37.5 Å². The first-order valence-corrected chi connectivity index (χ1v) is 9.40. The van der Waals surface area contributed by atoms with Gasteiger partial charge in [0.05, 0.1) is 10.7 Å². The van der Waals surface area contributed by atoms with Crippen molar-refractivity contribution < 1.29 is 0 Å². The van der Waals surface area contributed by atoms with E-state index >= 15 is 0 Å². The molecule has 0 aromatic carbocycles. The van der Waals surface area contributed by atoms with E-state index in [0.717, 1.165) is 30.5 Å². The van der Waals surface area contributed by atoms with Crippen LogP contribution >= 0.6 is 11.3 Å². The molecule has 0 unspecified atom stereocenters. The van der Waals surface area contributed by atoms with Crippen molar-refractivity contribution in [2.24, 2.45) is 10.4 Å². The lowest BCUT2D eigenvalue weighted by atomic mass is 9.68. The SMILES string of the molecule is CCNC(=NCCc1sc(C)nc1C)N1CCC2(CCC2)C1. The van der Waals surface area contributed by atoms with Crippen LogP contribution in [0.25, 0.3) is 0 Å². The Balaban J connectivity index is 1.59. The minimum Gasteiger partial charge on any atom is -0.357 e. The van der Waals surface area contributed by atoms with Gasteiger partial charge in [0.1, 0.15) is 0 Å².